The lowest BCUT2D eigenvalue weighted by Gasteiger charge is -2.10. The summed E-state index contributed by atoms with van der Waals surface area (Å²) in [7, 11) is 0. The predicted octanol–water partition coefficient (Wildman–Crippen LogP) is 7.72. The number of hydrogen-bond acceptors (Lipinski definition) is 2. The fourth-order valence-electron chi connectivity index (χ4n) is 4.04. The van der Waals surface area contributed by atoms with E-state index in [1.54, 1.807) is 0 Å². The van der Waals surface area contributed by atoms with Crippen molar-refractivity contribution in [2.24, 2.45) is 0 Å². The maximum Gasteiger partial charge on any atom is 0.144 e. The second-order valence-corrected chi connectivity index (χ2v) is 7.86. The van der Waals surface area contributed by atoms with Crippen LogP contribution in [0.25, 0.3) is 54.9 Å². The molecule has 6 rings (SSSR count). The predicted molar refractivity (Wildman–Crippen MR) is 120 cm³/mol. The van der Waals surface area contributed by atoms with Crippen molar-refractivity contribution >= 4 is 59.5 Å². The Labute approximate surface area is 169 Å². The van der Waals surface area contributed by atoms with Gasteiger partial charge in [-0.25, -0.2) is 4.98 Å². The van der Waals surface area contributed by atoms with Crippen molar-refractivity contribution in [1.29, 1.82) is 0 Å². The molecule has 0 unspecified atom stereocenters. The highest BCUT2D eigenvalue weighted by molar-refractivity contribution is 9.10. The van der Waals surface area contributed by atoms with Crippen LogP contribution in [0.1, 0.15) is 0 Å². The van der Waals surface area contributed by atoms with Gasteiger partial charge in [-0.1, -0.05) is 70.5 Å². The summed E-state index contributed by atoms with van der Waals surface area (Å²) in [6.07, 6.45) is 0. The first-order chi connectivity index (χ1) is 13.8. The Morgan fingerprint density at radius 3 is 2.21 bits per heavy atom. The number of fused-ring (bicyclic) bond motifs is 7. The van der Waals surface area contributed by atoms with E-state index in [1.165, 1.54) is 0 Å². The minimum atomic E-state index is 0.913. The van der Waals surface area contributed by atoms with Gasteiger partial charge in [0.25, 0.3) is 0 Å². The molecule has 3 heteroatoms. The molecule has 0 fully saturated rings. The highest BCUT2D eigenvalue weighted by Gasteiger charge is 2.16. The van der Waals surface area contributed by atoms with E-state index >= 15 is 0 Å². The van der Waals surface area contributed by atoms with Gasteiger partial charge in [-0.05, 0) is 30.3 Å². The van der Waals surface area contributed by atoms with Gasteiger partial charge in [-0.15, -0.1) is 0 Å². The average Bonchev–Trinajstić information content (AvgIpc) is 3.12. The van der Waals surface area contributed by atoms with Crippen molar-refractivity contribution in [1.82, 2.24) is 4.98 Å². The van der Waals surface area contributed by atoms with Crippen LogP contribution in [0, 0.1) is 0 Å². The minimum absolute atomic E-state index is 0.913. The standard InChI is InChI=1S/C25H14BrNO/c26-16-11-9-15(10-12-16)24-20-14-13-18-17-5-2-4-8-22(17)28-25(18)23(20)19-6-1-3-7-21(19)27-24/h1-14H. The molecule has 2 nitrogen and oxygen atoms in total. The lowest BCUT2D eigenvalue weighted by atomic mass is 9.98. The van der Waals surface area contributed by atoms with Crippen LogP contribution in [0.5, 0.6) is 0 Å². The molecule has 0 aliphatic carbocycles. The molecule has 132 valence electrons. The summed E-state index contributed by atoms with van der Waals surface area (Å²) in [4.78, 5) is 5.01. The SMILES string of the molecule is Brc1ccc(-c2nc3ccccc3c3c2ccc2c4ccccc4oc23)cc1. The van der Waals surface area contributed by atoms with E-state index in [4.69, 9.17) is 9.40 Å². The van der Waals surface area contributed by atoms with Crippen LogP contribution in [0.2, 0.25) is 0 Å². The number of nitrogens with zero attached hydrogens (tertiary/aromatic N) is 1. The third-order valence-corrected chi connectivity index (χ3v) is 5.85. The van der Waals surface area contributed by atoms with E-state index in [1.807, 2.05) is 18.2 Å². The zero-order valence-electron chi connectivity index (χ0n) is 14.8. The van der Waals surface area contributed by atoms with E-state index in [0.29, 0.717) is 0 Å². The zero-order chi connectivity index (χ0) is 18.7. The number of hydrogen-bond donors (Lipinski definition) is 0. The van der Waals surface area contributed by atoms with Crippen molar-refractivity contribution in [3.63, 3.8) is 0 Å². The zero-order valence-corrected chi connectivity index (χ0v) is 16.4. The van der Waals surface area contributed by atoms with Crippen molar-refractivity contribution < 1.29 is 4.42 Å². The van der Waals surface area contributed by atoms with Crippen molar-refractivity contribution in [3.8, 4) is 11.3 Å². The van der Waals surface area contributed by atoms with Gasteiger partial charge < -0.3 is 4.42 Å². The molecule has 0 saturated heterocycles. The van der Waals surface area contributed by atoms with E-state index in [-0.39, 0.29) is 0 Å². The topological polar surface area (TPSA) is 26.0 Å². The molecular weight excluding hydrogens is 410 g/mol. The largest absolute Gasteiger partial charge is 0.455 e. The fourth-order valence-corrected chi connectivity index (χ4v) is 4.31. The number of aromatic nitrogens is 1. The maximum absolute atomic E-state index is 6.35. The van der Waals surface area contributed by atoms with Crippen molar-refractivity contribution in [2.45, 2.75) is 0 Å². The summed E-state index contributed by atoms with van der Waals surface area (Å²) in [5.74, 6) is 0. The number of pyridine rings is 1. The summed E-state index contributed by atoms with van der Waals surface area (Å²) in [5, 5.41) is 5.62. The molecule has 28 heavy (non-hydrogen) atoms. The molecule has 4 aromatic carbocycles. The highest BCUT2D eigenvalue weighted by Crippen LogP contribution is 2.40. The summed E-state index contributed by atoms with van der Waals surface area (Å²) >= 11 is 3.52. The average molecular weight is 424 g/mol. The third-order valence-electron chi connectivity index (χ3n) is 5.33. The molecule has 2 heterocycles. The Hall–Kier alpha value is -3.17. The van der Waals surface area contributed by atoms with Gasteiger partial charge in [0.2, 0.25) is 0 Å². The molecule has 0 amide bonds. The molecule has 0 N–H and O–H groups in total. The third kappa shape index (κ3) is 2.23. The number of rotatable bonds is 1. The van der Waals surface area contributed by atoms with Gasteiger partial charge in [0, 0.05) is 37.0 Å². The molecule has 0 radical (unpaired) electrons. The van der Waals surface area contributed by atoms with Crippen molar-refractivity contribution in [2.75, 3.05) is 0 Å². The second kappa shape index (κ2) is 5.91. The maximum atomic E-state index is 6.35. The fraction of sp³-hybridized carbons (Fsp3) is 0. The van der Waals surface area contributed by atoms with Crippen LogP contribution >= 0.6 is 15.9 Å². The Morgan fingerprint density at radius 1 is 0.643 bits per heavy atom. The number of furan rings is 1. The molecule has 0 spiro atoms. The van der Waals surface area contributed by atoms with E-state index in [9.17, 15) is 0 Å². The van der Waals surface area contributed by atoms with Gasteiger partial charge >= 0.3 is 0 Å². The van der Waals surface area contributed by atoms with Crippen LogP contribution in [-0.2, 0) is 0 Å². The highest BCUT2D eigenvalue weighted by atomic mass is 79.9. The van der Waals surface area contributed by atoms with Crippen LogP contribution in [-0.4, -0.2) is 4.98 Å². The van der Waals surface area contributed by atoms with Crippen LogP contribution in [0.3, 0.4) is 0 Å². The van der Waals surface area contributed by atoms with E-state index in [0.717, 1.165) is 59.3 Å². The molecule has 6 aromatic rings. The number of para-hydroxylation sites is 2. The lowest BCUT2D eigenvalue weighted by Crippen LogP contribution is -1.90. The normalized spacial score (nSPS) is 11.8. The molecule has 0 atom stereocenters. The van der Waals surface area contributed by atoms with Gasteiger partial charge in [-0.2, -0.15) is 0 Å². The second-order valence-electron chi connectivity index (χ2n) is 6.95. The Kier molecular flexibility index (Phi) is 3.35. The van der Waals surface area contributed by atoms with Gasteiger partial charge in [0.15, 0.2) is 0 Å². The van der Waals surface area contributed by atoms with E-state index < -0.39 is 0 Å². The molecule has 0 saturated carbocycles. The molecular formula is C25H14BrNO. The van der Waals surface area contributed by atoms with E-state index in [2.05, 4.69) is 82.7 Å². The first kappa shape index (κ1) is 15.8. The van der Waals surface area contributed by atoms with Crippen LogP contribution < -0.4 is 0 Å². The van der Waals surface area contributed by atoms with Crippen LogP contribution in [0.15, 0.2) is 93.8 Å². The summed E-state index contributed by atoms with van der Waals surface area (Å²) < 4.78 is 7.41. The lowest BCUT2D eigenvalue weighted by molar-refractivity contribution is 0.673. The van der Waals surface area contributed by atoms with Crippen molar-refractivity contribution in [3.05, 3.63) is 89.4 Å². The Morgan fingerprint density at radius 2 is 1.36 bits per heavy atom. The van der Waals surface area contributed by atoms with Gasteiger partial charge in [0.05, 0.1) is 11.2 Å². The molecule has 2 aromatic heterocycles. The molecule has 0 aliphatic rings. The summed E-state index contributed by atoms with van der Waals surface area (Å²) in [5.41, 5.74) is 4.88. The Balaban J connectivity index is 1.85. The quantitative estimate of drug-likeness (QED) is 0.253. The number of benzene rings is 4. The first-order valence-corrected chi connectivity index (χ1v) is 9.97. The molecule has 0 bridgehead atoms. The molecule has 0 aliphatic heterocycles. The smallest absolute Gasteiger partial charge is 0.144 e. The van der Waals surface area contributed by atoms with Crippen LogP contribution in [0.4, 0.5) is 0 Å². The Bertz CT molecular complexity index is 1510. The van der Waals surface area contributed by atoms with Gasteiger partial charge in [-0.3, -0.25) is 0 Å². The number of halogens is 1. The first-order valence-electron chi connectivity index (χ1n) is 9.18. The summed E-state index contributed by atoms with van der Waals surface area (Å²) in [6, 6.07) is 29.1. The summed E-state index contributed by atoms with van der Waals surface area (Å²) in [6.45, 7) is 0. The minimum Gasteiger partial charge on any atom is -0.455 e. The van der Waals surface area contributed by atoms with Gasteiger partial charge in [0.1, 0.15) is 11.2 Å². The monoisotopic (exact) mass is 423 g/mol.